The highest BCUT2D eigenvalue weighted by molar-refractivity contribution is 7.47. The number of phosphoric acid groups is 1. The molecule has 0 aliphatic carbocycles. The number of hydrogen-bond donors (Lipinski definition) is 3. The Labute approximate surface area is 308 Å². The van der Waals surface area contributed by atoms with E-state index in [4.69, 9.17) is 13.8 Å². The standard InChI is InChI=1S/C41H66NO8P/c1-3-5-7-9-11-13-15-17-18-19-20-22-24-26-28-30-32-34-41(45)48-37-39(43)38-50-51(46,47)49-36-35-42-40(44)33-31-29-27-25-23-21-16-14-12-10-8-6-4-2/h5-8,11-14,17-18,20-23,26,28,39,43H,3-4,9-10,15-16,19,24-25,27,29-38H2,1-2H3,(H,42,44)(H,46,47)/b7-5-,8-6-,13-11-,14-12-,18-17-,22-20-,23-21-,28-26-. The van der Waals surface area contributed by atoms with Crippen LogP contribution in [0.2, 0.25) is 0 Å². The molecular formula is C41H66NO8P. The third-order valence-corrected chi connectivity index (χ3v) is 7.99. The molecule has 1 amide bonds. The molecule has 0 aromatic rings. The second kappa shape index (κ2) is 36.7. The first kappa shape index (κ1) is 47.9. The van der Waals surface area contributed by atoms with Gasteiger partial charge >= 0.3 is 13.8 Å². The minimum absolute atomic E-state index is 0.0526. The van der Waals surface area contributed by atoms with E-state index in [1.54, 1.807) is 0 Å². The first-order valence-electron chi connectivity index (χ1n) is 18.7. The number of ether oxygens (including phenoxy) is 1. The van der Waals surface area contributed by atoms with Gasteiger partial charge in [-0.3, -0.25) is 18.6 Å². The largest absolute Gasteiger partial charge is 0.472 e. The number of unbranched alkanes of at least 4 members (excludes halogenated alkanes) is 4. The van der Waals surface area contributed by atoms with Gasteiger partial charge < -0.3 is 20.1 Å². The maximum Gasteiger partial charge on any atom is 0.472 e. The first-order valence-corrected chi connectivity index (χ1v) is 20.2. The summed E-state index contributed by atoms with van der Waals surface area (Å²) >= 11 is 0. The van der Waals surface area contributed by atoms with Crippen LogP contribution in [0.5, 0.6) is 0 Å². The molecule has 9 nitrogen and oxygen atoms in total. The molecule has 51 heavy (non-hydrogen) atoms. The van der Waals surface area contributed by atoms with Crippen LogP contribution in [0.25, 0.3) is 0 Å². The van der Waals surface area contributed by atoms with Gasteiger partial charge in [-0.15, -0.1) is 0 Å². The first-order chi connectivity index (χ1) is 24.8. The summed E-state index contributed by atoms with van der Waals surface area (Å²) in [7, 11) is -4.44. The number of carbonyl (C=O) groups is 2. The zero-order valence-corrected chi connectivity index (χ0v) is 32.1. The molecule has 0 rings (SSSR count). The van der Waals surface area contributed by atoms with Crippen LogP contribution in [-0.2, 0) is 27.9 Å². The van der Waals surface area contributed by atoms with Gasteiger partial charge in [-0.1, -0.05) is 117 Å². The maximum atomic E-state index is 12.0. The van der Waals surface area contributed by atoms with Gasteiger partial charge in [-0.25, -0.2) is 4.57 Å². The van der Waals surface area contributed by atoms with Crippen molar-refractivity contribution in [2.24, 2.45) is 0 Å². The lowest BCUT2D eigenvalue weighted by Crippen LogP contribution is -2.27. The van der Waals surface area contributed by atoms with Crippen molar-refractivity contribution >= 4 is 19.7 Å². The fourth-order valence-corrected chi connectivity index (χ4v) is 5.01. The summed E-state index contributed by atoms with van der Waals surface area (Å²) in [5.74, 6) is -0.618. The van der Waals surface area contributed by atoms with E-state index in [0.29, 0.717) is 12.8 Å². The molecule has 2 atom stereocenters. The molecule has 0 radical (unpaired) electrons. The van der Waals surface area contributed by atoms with E-state index in [-0.39, 0.29) is 32.1 Å². The van der Waals surface area contributed by atoms with Crippen molar-refractivity contribution in [3.8, 4) is 0 Å². The van der Waals surface area contributed by atoms with E-state index in [9.17, 15) is 24.2 Å². The lowest BCUT2D eigenvalue weighted by atomic mass is 10.1. The minimum Gasteiger partial charge on any atom is -0.463 e. The number of esters is 1. The molecule has 3 N–H and O–H groups in total. The Bertz CT molecular complexity index is 1150. The summed E-state index contributed by atoms with van der Waals surface area (Å²) in [5.41, 5.74) is 0. The van der Waals surface area contributed by atoms with E-state index in [1.807, 2.05) is 6.08 Å². The van der Waals surface area contributed by atoms with Crippen LogP contribution >= 0.6 is 7.82 Å². The predicted octanol–water partition coefficient (Wildman–Crippen LogP) is 9.87. The molecule has 0 heterocycles. The number of carbonyl (C=O) groups excluding carboxylic acids is 2. The molecule has 0 fully saturated rings. The van der Waals surface area contributed by atoms with Gasteiger partial charge in [0.25, 0.3) is 0 Å². The topological polar surface area (TPSA) is 131 Å². The normalized spacial score (nSPS) is 14.5. The summed E-state index contributed by atoms with van der Waals surface area (Å²) in [6.07, 6.45) is 46.3. The van der Waals surface area contributed by atoms with E-state index in [2.05, 4.69) is 110 Å². The highest BCUT2D eigenvalue weighted by Gasteiger charge is 2.23. The van der Waals surface area contributed by atoms with Gasteiger partial charge in [0.2, 0.25) is 5.91 Å². The number of phosphoric ester groups is 1. The second-order valence-corrected chi connectivity index (χ2v) is 13.2. The molecule has 0 spiro atoms. The quantitative estimate of drug-likeness (QED) is 0.0263. The van der Waals surface area contributed by atoms with Gasteiger partial charge in [0.15, 0.2) is 0 Å². The molecule has 2 unspecified atom stereocenters. The molecule has 0 saturated heterocycles. The van der Waals surface area contributed by atoms with Crippen LogP contribution in [-0.4, -0.2) is 54.3 Å². The molecule has 0 aromatic heterocycles. The van der Waals surface area contributed by atoms with Crippen LogP contribution in [0.1, 0.15) is 117 Å². The van der Waals surface area contributed by atoms with Crippen molar-refractivity contribution in [2.45, 2.75) is 123 Å². The highest BCUT2D eigenvalue weighted by Crippen LogP contribution is 2.42. The fourth-order valence-electron chi connectivity index (χ4n) is 4.25. The Kier molecular flexibility index (Phi) is 34.5. The van der Waals surface area contributed by atoms with Gasteiger partial charge in [-0.2, -0.15) is 0 Å². The fraction of sp³-hybridized carbons (Fsp3) is 0.561. The smallest absolute Gasteiger partial charge is 0.463 e. The second-order valence-electron chi connectivity index (χ2n) is 11.8. The third kappa shape index (κ3) is 38.0. The summed E-state index contributed by atoms with van der Waals surface area (Å²) in [5, 5.41) is 12.6. The summed E-state index contributed by atoms with van der Waals surface area (Å²) in [6.45, 7) is 3.17. The molecule has 0 aliphatic heterocycles. The van der Waals surface area contributed by atoms with Gasteiger partial charge in [0, 0.05) is 19.4 Å². The van der Waals surface area contributed by atoms with E-state index in [0.717, 1.165) is 83.5 Å². The van der Waals surface area contributed by atoms with Gasteiger partial charge in [0.05, 0.1) is 13.2 Å². The highest BCUT2D eigenvalue weighted by atomic mass is 31.2. The Hall–Kier alpha value is -3.07. The average molecular weight is 732 g/mol. The van der Waals surface area contributed by atoms with E-state index < -0.39 is 26.5 Å². The number of allylic oxidation sites excluding steroid dienone is 16. The SMILES string of the molecule is CC/C=C\C/C=C\C/C=C\C/C=C\C/C=C\CCCC(=O)OCC(O)COP(=O)(O)OCCNC(=O)CCCCC/C=C\C/C=C\C/C=C\CC. The molecular weight excluding hydrogens is 665 g/mol. The van der Waals surface area contributed by atoms with Crippen LogP contribution in [0.15, 0.2) is 97.2 Å². The number of aliphatic hydroxyl groups is 1. The number of rotatable bonds is 33. The Morgan fingerprint density at radius 1 is 0.608 bits per heavy atom. The van der Waals surface area contributed by atoms with Gasteiger partial charge in [-0.05, 0) is 83.5 Å². The molecule has 0 saturated carbocycles. The van der Waals surface area contributed by atoms with Crippen molar-refractivity contribution in [2.75, 3.05) is 26.4 Å². The monoisotopic (exact) mass is 731 g/mol. The Morgan fingerprint density at radius 3 is 1.59 bits per heavy atom. The number of hydrogen-bond acceptors (Lipinski definition) is 7. The molecule has 0 bridgehead atoms. The van der Waals surface area contributed by atoms with Crippen molar-refractivity contribution in [1.82, 2.24) is 5.32 Å². The van der Waals surface area contributed by atoms with Crippen LogP contribution < -0.4 is 5.32 Å². The lowest BCUT2D eigenvalue weighted by Gasteiger charge is -2.15. The van der Waals surface area contributed by atoms with Crippen molar-refractivity contribution in [3.05, 3.63) is 97.2 Å². The number of amides is 1. The predicted molar refractivity (Wildman–Crippen MR) is 210 cm³/mol. The Morgan fingerprint density at radius 2 is 1.08 bits per heavy atom. The summed E-state index contributed by atoms with van der Waals surface area (Å²) in [4.78, 5) is 33.7. The number of aliphatic hydroxyl groups excluding tert-OH is 1. The van der Waals surface area contributed by atoms with Crippen LogP contribution in [0, 0.1) is 0 Å². The molecule has 288 valence electrons. The van der Waals surface area contributed by atoms with Crippen molar-refractivity contribution in [1.29, 1.82) is 0 Å². The maximum absolute atomic E-state index is 12.0. The van der Waals surface area contributed by atoms with Gasteiger partial charge in [0.1, 0.15) is 12.7 Å². The molecule has 10 heteroatoms. The van der Waals surface area contributed by atoms with Crippen LogP contribution in [0.3, 0.4) is 0 Å². The molecule has 0 aliphatic rings. The zero-order chi connectivity index (χ0) is 37.5. The van der Waals surface area contributed by atoms with Crippen molar-refractivity contribution in [3.63, 3.8) is 0 Å². The number of nitrogens with one attached hydrogen (secondary N) is 1. The zero-order valence-electron chi connectivity index (χ0n) is 31.2. The summed E-state index contributed by atoms with van der Waals surface area (Å²) in [6, 6.07) is 0. The lowest BCUT2D eigenvalue weighted by molar-refractivity contribution is -0.147. The third-order valence-electron chi connectivity index (χ3n) is 7.01. The summed E-state index contributed by atoms with van der Waals surface area (Å²) < 4.78 is 26.7. The van der Waals surface area contributed by atoms with E-state index >= 15 is 0 Å². The molecule has 0 aromatic carbocycles. The van der Waals surface area contributed by atoms with Crippen molar-refractivity contribution < 1.29 is 37.9 Å². The van der Waals surface area contributed by atoms with E-state index in [1.165, 1.54) is 0 Å². The Balaban J connectivity index is 3.79. The van der Waals surface area contributed by atoms with Crippen LogP contribution in [0.4, 0.5) is 0 Å². The average Bonchev–Trinajstić information content (AvgIpc) is 3.11. The minimum atomic E-state index is -4.44.